The minimum Gasteiger partial charge on any atom is -0.316 e. The van der Waals surface area contributed by atoms with Crippen molar-refractivity contribution >= 4 is 21.6 Å². The Bertz CT molecular complexity index is 515. The van der Waals surface area contributed by atoms with Gasteiger partial charge >= 0.3 is 0 Å². The van der Waals surface area contributed by atoms with E-state index in [2.05, 4.69) is 10.0 Å². The van der Waals surface area contributed by atoms with Crippen LogP contribution in [0.3, 0.4) is 0 Å². The zero-order valence-corrected chi connectivity index (χ0v) is 13.1. The zero-order valence-electron chi connectivity index (χ0n) is 11.5. The second kappa shape index (κ2) is 7.24. The van der Waals surface area contributed by atoms with Crippen LogP contribution in [-0.4, -0.2) is 28.1 Å². The van der Waals surface area contributed by atoms with Crippen LogP contribution in [0, 0.1) is 0 Å². The van der Waals surface area contributed by atoms with E-state index in [4.69, 9.17) is 11.6 Å². The number of nitrogens with one attached hydrogen (secondary N) is 2. The first-order valence-corrected chi connectivity index (χ1v) is 8.24. The molecule has 1 rings (SSSR count). The van der Waals surface area contributed by atoms with Crippen molar-refractivity contribution in [1.82, 2.24) is 10.0 Å². The maximum atomic E-state index is 12.2. The minimum atomic E-state index is -3.55. The lowest BCUT2D eigenvalue weighted by Crippen LogP contribution is -2.32. The van der Waals surface area contributed by atoms with Crippen molar-refractivity contribution in [3.05, 3.63) is 28.8 Å². The summed E-state index contributed by atoms with van der Waals surface area (Å²) in [5, 5.41) is 3.31. The average molecular weight is 305 g/mol. The fraction of sp³-hybridized carbons (Fsp3) is 0.538. The van der Waals surface area contributed by atoms with E-state index in [1.807, 2.05) is 26.8 Å². The highest BCUT2D eigenvalue weighted by Crippen LogP contribution is 2.25. The third-order valence-electron chi connectivity index (χ3n) is 2.76. The van der Waals surface area contributed by atoms with Crippen LogP contribution < -0.4 is 10.0 Å². The van der Waals surface area contributed by atoms with Crippen LogP contribution in [0.15, 0.2) is 23.1 Å². The molecule has 108 valence electrons. The van der Waals surface area contributed by atoms with Crippen molar-refractivity contribution < 1.29 is 8.42 Å². The van der Waals surface area contributed by atoms with Crippen molar-refractivity contribution in [2.75, 3.05) is 19.6 Å². The van der Waals surface area contributed by atoms with Gasteiger partial charge in [0.15, 0.2) is 0 Å². The average Bonchev–Trinajstić information content (AvgIpc) is 2.34. The molecule has 1 aromatic carbocycles. The molecule has 0 atom stereocenters. The van der Waals surface area contributed by atoms with E-state index in [1.54, 1.807) is 12.1 Å². The first-order chi connectivity index (χ1) is 8.88. The molecule has 6 heteroatoms. The van der Waals surface area contributed by atoms with Gasteiger partial charge in [0, 0.05) is 13.1 Å². The lowest BCUT2D eigenvalue weighted by Gasteiger charge is -2.12. The Labute approximate surface area is 120 Å². The Hall–Kier alpha value is -0.620. The number of hydrogen-bond donors (Lipinski definition) is 2. The summed E-state index contributed by atoms with van der Waals surface area (Å²) in [5.41, 5.74) is 0.955. The molecule has 1 aromatic rings. The smallest absolute Gasteiger partial charge is 0.242 e. The highest BCUT2D eigenvalue weighted by atomic mass is 35.5. The van der Waals surface area contributed by atoms with Gasteiger partial charge in [0.2, 0.25) is 10.0 Å². The number of likely N-dealkylation sites (N-methyl/N-ethyl adjacent to an activating group) is 1. The fourth-order valence-corrected chi connectivity index (χ4v) is 3.18. The van der Waals surface area contributed by atoms with Gasteiger partial charge in [-0.2, -0.15) is 0 Å². The molecule has 0 aromatic heterocycles. The second-order valence-electron chi connectivity index (χ2n) is 4.60. The molecule has 0 heterocycles. The van der Waals surface area contributed by atoms with Gasteiger partial charge in [-0.3, -0.25) is 0 Å². The first-order valence-electron chi connectivity index (χ1n) is 6.38. The molecule has 0 unspecified atom stereocenters. The monoisotopic (exact) mass is 304 g/mol. The number of hydrogen-bond acceptors (Lipinski definition) is 3. The van der Waals surface area contributed by atoms with E-state index in [9.17, 15) is 8.42 Å². The van der Waals surface area contributed by atoms with E-state index in [0.717, 1.165) is 12.1 Å². The molecule has 0 aliphatic carbocycles. The van der Waals surface area contributed by atoms with E-state index < -0.39 is 10.0 Å². The fourth-order valence-electron chi connectivity index (χ4n) is 1.61. The maximum Gasteiger partial charge on any atom is 0.242 e. The second-order valence-corrected chi connectivity index (χ2v) is 6.74. The van der Waals surface area contributed by atoms with Gasteiger partial charge in [0.05, 0.1) is 5.02 Å². The molecule has 19 heavy (non-hydrogen) atoms. The number of halogens is 1. The van der Waals surface area contributed by atoms with Crippen LogP contribution in [-0.2, 0) is 10.0 Å². The largest absolute Gasteiger partial charge is 0.316 e. The molecule has 0 bridgehead atoms. The number of benzene rings is 1. The lowest BCUT2D eigenvalue weighted by molar-refractivity contribution is 0.577. The molecule has 2 N–H and O–H groups in total. The summed E-state index contributed by atoms with van der Waals surface area (Å²) in [5.74, 6) is 0.257. The zero-order chi connectivity index (χ0) is 14.5. The van der Waals surface area contributed by atoms with Crippen LogP contribution in [0.2, 0.25) is 5.02 Å². The summed E-state index contributed by atoms with van der Waals surface area (Å²) in [6, 6.07) is 5.13. The van der Waals surface area contributed by atoms with Gasteiger partial charge in [-0.25, -0.2) is 13.1 Å². The first kappa shape index (κ1) is 16.4. The summed E-state index contributed by atoms with van der Waals surface area (Å²) < 4.78 is 26.9. The summed E-state index contributed by atoms with van der Waals surface area (Å²) in [6.45, 7) is 7.74. The minimum absolute atomic E-state index is 0.150. The van der Waals surface area contributed by atoms with E-state index in [0.29, 0.717) is 13.1 Å². The molecule has 0 saturated carbocycles. The quantitative estimate of drug-likeness (QED) is 0.760. The van der Waals surface area contributed by atoms with Crippen LogP contribution in [0.1, 0.15) is 32.3 Å². The highest BCUT2D eigenvalue weighted by Gasteiger charge is 2.18. The SMILES string of the molecule is CCNCCNS(=O)(=O)c1cc(C(C)C)ccc1Cl. The van der Waals surface area contributed by atoms with Gasteiger partial charge in [0.1, 0.15) is 4.90 Å². The highest BCUT2D eigenvalue weighted by molar-refractivity contribution is 7.89. The lowest BCUT2D eigenvalue weighted by atomic mass is 10.0. The van der Waals surface area contributed by atoms with Crippen molar-refractivity contribution in [2.24, 2.45) is 0 Å². The number of sulfonamides is 1. The van der Waals surface area contributed by atoms with E-state index in [1.165, 1.54) is 0 Å². The van der Waals surface area contributed by atoms with Gasteiger partial charge in [-0.05, 0) is 30.2 Å². The van der Waals surface area contributed by atoms with Gasteiger partial charge in [-0.15, -0.1) is 0 Å². The molecule has 0 fully saturated rings. The molecule has 0 radical (unpaired) electrons. The van der Waals surface area contributed by atoms with Crippen molar-refractivity contribution in [2.45, 2.75) is 31.6 Å². The summed E-state index contributed by atoms with van der Waals surface area (Å²) in [6.07, 6.45) is 0. The van der Waals surface area contributed by atoms with Crippen LogP contribution >= 0.6 is 11.6 Å². The normalized spacial score (nSPS) is 12.1. The summed E-state index contributed by atoms with van der Waals surface area (Å²) in [7, 11) is -3.55. The Morgan fingerprint density at radius 1 is 1.26 bits per heavy atom. The summed E-state index contributed by atoms with van der Waals surface area (Å²) in [4.78, 5) is 0.150. The van der Waals surface area contributed by atoms with Gasteiger partial charge < -0.3 is 5.32 Å². The predicted octanol–water partition coefficient (Wildman–Crippen LogP) is 2.35. The van der Waals surface area contributed by atoms with Crippen LogP contribution in [0.5, 0.6) is 0 Å². The Morgan fingerprint density at radius 3 is 2.53 bits per heavy atom. The Morgan fingerprint density at radius 2 is 1.95 bits per heavy atom. The van der Waals surface area contributed by atoms with Crippen LogP contribution in [0.4, 0.5) is 0 Å². The van der Waals surface area contributed by atoms with Crippen molar-refractivity contribution in [3.8, 4) is 0 Å². The molecule has 4 nitrogen and oxygen atoms in total. The van der Waals surface area contributed by atoms with Crippen molar-refractivity contribution in [1.29, 1.82) is 0 Å². The molecular formula is C13H21ClN2O2S. The van der Waals surface area contributed by atoms with Gasteiger partial charge in [0.25, 0.3) is 0 Å². The number of rotatable bonds is 7. The maximum absolute atomic E-state index is 12.2. The molecule has 0 saturated heterocycles. The predicted molar refractivity (Wildman–Crippen MR) is 79.3 cm³/mol. The molecule has 0 aliphatic heterocycles. The van der Waals surface area contributed by atoms with E-state index >= 15 is 0 Å². The molecule has 0 amide bonds. The molecular weight excluding hydrogens is 284 g/mol. The molecule has 0 aliphatic rings. The molecule has 0 spiro atoms. The van der Waals surface area contributed by atoms with Gasteiger partial charge in [-0.1, -0.05) is 38.4 Å². The summed E-state index contributed by atoms with van der Waals surface area (Å²) >= 11 is 5.99. The van der Waals surface area contributed by atoms with E-state index in [-0.39, 0.29) is 15.8 Å². The Kier molecular flexibility index (Phi) is 6.26. The van der Waals surface area contributed by atoms with Crippen LogP contribution in [0.25, 0.3) is 0 Å². The standard InChI is InChI=1S/C13H21ClN2O2S/c1-4-15-7-8-16-19(17,18)13-9-11(10(2)3)5-6-12(13)14/h5-6,9-10,15-16H,4,7-8H2,1-3H3. The van der Waals surface area contributed by atoms with Crippen molar-refractivity contribution in [3.63, 3.8) is 0 Å². The topological polar surface area (TPSA) is 58.2 Å². The Balaban J connectivity index is 2.90. The third-order valence-corrected chi connectivity index (χ3v) is 4.70. The third kappa shape index (κ3) is 4.76.